The van der Waals surface area contributed by atoms with Gasteiger partial charge in [0.05, 0.1) is 19.3 Å². The van der Waals surface area contributed by atoms with Crippen LogP contribution in [-0.2, 0) is 13.1 Å². The number of halogens is 2. The van der Waals surface area contributed by atoms with Crippen LogP contribution in [-0.4, -0.2) is 31.8 Å². The number of carbonyl (C=O) groups excluding carboxylic acids is 1. The molecular weight excluding hydrogens is 367 g/mol. The van der Waals surface area contributed by atoms with E-state index in [2.05, 4.69) is 10.3 Å². The first-order valence-electron chi connectivity index (χ1n) is 8.80. The number of rotatable bonds is 6. The van der Waals surface area contributed by atoms with Gasteiger partial charge in [0.2, 0.25) is 0 Å². The molecule has 1 amide bonds. The van der Waals surface area contributed by atoms with E-state index >= 15 is 0 Å². The second kappa shape index (κ2) is 7.48. The first-order valence-corrected chi connectivity index (χ1v) is 9.17. The Hall–Kier alpha value is -2.73. The molecule has 0 saturated heterocycles. The van der Waals surface area contributed by atoms with Crippen LogP contribution in [0.3, 0.4) is 0 Å². The molecule has 0 bridgehead atoms. The van der Waals surface area contributed by atoms with Crippen molar-refractivity contribution in [2.24, 2.45) is 0 Å². The van der Waals surface area contributed by atoms with E-state index in [1.165, 1.54) is 6.07 Å². The van der Waals surface area contributed by atoms with Crippen molar-refractivity contribution in [1.82, 2.24) is 19.9 Å². The van der Waals surface area contributed by atoms with Gasteiger partial charge in [0, 0.05) is 16.6 Å². The van der Waals surface area contributed by atoms with Gasteiger partial charge >= 0.3 is 0 Å². The predicted octanol–water partition coefficient (Wildman–Crippen LogP) is 3.92. The van der Waals surface area contributed by atoms with E-state index in [9.17, 15) is 9.18 Å². The van der Waals surface area contributed by atoms with Crippen LogP contribution in [0.15, 0.2) is 54.7 Å². The second-order valence-corrected chi connectivity index (χ2v) is 7.06. The van der Waals surface area contributed by atoms with Gasteiger partial charge in [-0.25, -0.2) is 9.07 Å². The van der Waals surface area contributed by atoms with Crippen molar-refractivity contribution in [2.75, 3.05) is 0 Å². The fourth-order valence-corrected chi connectivity index (χ4v) is 3.22. The minimum atomic E-state index is -0.409. The Kier molecular flexibility index (Phi) is 4.90. The van der Waals surface area contributed by atoms with E-state index in [1.807, 2.05) is 30.3 Å². The van der Waals surface area contributed by atoms with Gasteiger partial charge in [0.25, 0.3) is 5.91 Å². The molecule has 1 heterocycles. The van der Waals surface area contributed by atoms with Crippen molar-refractivity contribution in [3.8, 4) is 0 Å². The first-order chi connectivity index (χ1) is 13.1. The van der Waals surface area contributed by atoms with Gasteiger partial charge in [0.1, 0.15) is 5.82 Å². The molecular formula is C20H18ClFN4O. The molecule has 4 rings (SSSR count). The topological polar surface area (TPSA) is 51.0 Å². The molecule has 0 unspecified atom stereocenters. The van der Waals surface area contributed by atoms with Crippen molar-refractivity contribution in [2.45, 2.75) is 32.0 Å². The Morgan fingerprint density at radius 1 is 1.19 bits per heavy atom. The summed E-state index contributed by atoms with van der Waals surface area (Å²) in [4.78, 5) is 14.6. The monoisotopic (exact) mass is 384 g/mol. The summed E-state index contributed by atoms with van der Waals surface area (Å²) in [7, 11) is 0. The number of nitrogens with zero attached hydrogens (tertiary/aromatic N) is 4. The summed E-state index contributed by atoms with van der Waals surface area (Å²) in [5.41, 5.74) is 1.65. The molecule has 0 N–H and O–H groups in total. The SMILES string of the molecule is O=C(c1cn(Cc2ccccc2)nn1)N(Cc1c(F)cccc1Cl)C1CC1. The lowest BCUT2D eigenvalue weighted by atomic mass is 10.2. The zero-order valence-corrected chi connectivity index (χ0v) is 15.3. The summed E-state index contributed by atoms with van der Waals surface area (Å²) >= 11 is 6.13. The van der Waals surface area contributed by atoms with E-state index in [1.54, 1.807) is 27.9 Å². The largest absolute Gasteiger partial charge is 0.330 e. The van der Waals surface area contributed by atoms with Crippen LogP contribution >= 0.6 is 11.6 Å². The van der Waals surface area contributed by atoms with Crippen LogP contribution in [0.5, 0.6) is 0 Å². The third kappa shape index (κ3) is 4.01. The lowest BCUT2D eigenvalue weighted by molar-refractivity contribution is 0.0722. The average molecular weight is 385 g/mol. The average Bonchev–Trinajstić information content (AvgIpc) is 3.40. The molecule has 3 aromatic rings. The third-order valence-electron chi connectivity index (χ3n) is 4.58. The lowest BCUT2D eigenvalue weighted by Crippen LogP contribution is -2.33. The Balaban J connectivity index is 1.53. The number of aromatic nitrogens is 3. The maximum absolute atomic E-state index is 14.2. The van der Waals surface area contributed by atoms with Crippen LogP contribution in [0.2, 0.25) is 5.02 Å². The second-order valence-electron chi connectivity index (χ2n) is 6.65. The Bertz CT molecular complexity index is 935. The molecule has 0 radical (unpaired) electrons. The molecule has 1 aliphatic rings. The minimum absolute atomic E-state index is 0.0902. The first kappa shape index (κ1) is 17.7. The fourth-order valence-electron chi connectivity index (χ4n) is 3.00. The highest BCUT2D eigenvalue weighted by Crippen LogP contribution is 2.31. The molecule has 1 fully saturated rings. The van der Waals surface area contributed by atoms with Crippen molar-refractivity contribution in [3.05, 3.63) is 82.4 Å². The van der Waals surface area contributed by atoms with Crippen LogP contribution in [0.25, 0.3) is 0 Å². The van der Waals surface area contributed by atoms with Gasteiger partial charge in [-0.05, 0) is 30.5 Å². The van der Waals surface area contributed by atoms with E-state index in [-0.39, 0.29) is 24.2 Å². The zero-order valence-electron chi connectivity index (χ0n) is 14.6. The van der Waals surface area contributed by atoms with Gasteiger partial charge in [-0.2, -0.15) is 0 Å². The summed E-state index contributed by atoms with van der Waals surface area (Å²) in [6, 6.07) is 14.4. The predicted molar refractivity (Wildman–Crippen MR) is 99.9 cm³/mol. The van der Waals surface area contributed by atoms with Gasteiger partial charge in [0.15, 0.2) is 5.69 Å². The third-order valence-corrected chi connectivity index (χ3v) is 4.94. The highest BCUT2D eigenvalue weighted by molar-refractivity contribution is 6.31. The Morgan fingerprint density at radius 2 is 1.96 bits per heavy atom. The smallest absolute Gasteiger partial charge is 0.276 e. The quantitative estimate of drug-likeness (QED) is 0.647. The van der Waals surface area contributed by atoms with Crippen LogP contribution in [0, 0.1) is 5.82 Å². The highest BCUT2D eigenvalue weighted by atomic mass is 35.5. The van der Waals surface area contributed by atoms with Crippen molar-refractivity contribution >= 4 is 17.5 Å². The van der Waals surface area contributed by atoms with Gasteiger partial charge < -0.3 is 4.90 Å². The van der Waals surface area contributed by atoms with E-state index in [0.717, 1.165) is 18.4 Å². The zero-order chi connectivity index (χ0) is 18.8. The highest BCUT2D eigenvalue weighted by Gasteiger charge is 2.35. The summed E-state index contributed by atoms with van der Waals surface area (Å²) in [6.07, 6.45) is 3.43. The minimum Gasteiger partial charge on any atom is -0.330 e. The lowest BCUT2D eigenvalue weighted by Gasteiger charge is -2.22. The van der Waals surface area contributed by atoms with E-state index in [0.29, 0.717) is 17.1 Å². The molecule has 0 aliphatic heterocycles. The molecule has 1 saturated carbocycles. The van der Waals surface area contributed by atoms with Crippen LogP contribution in [0.4, 0.5) is 4.39 Å². The molecule has 5 nitrogen and oxygen atoms in total. The number of amides is 1. The summed E-state index contributed by atoms with van der Waals surface area (Å²) in [5, 5.41) is 8.40. The van der Waals surface area contributed by atoms with E-state index in [4.69, 9.17) is 11.6 Å². The normalized spacial score (nSPS) is 13.6. The van der Waals surface area contributed by atoms with E-state index < -0.39 is 5.82 Å². The van der Waals surface area contributed by atoms with Gasteiger partial charge in [-0.15, -0.1) is 5.10 Å². The number of hydrogen-bond acceptors (Lipinski definition) is 3. The molecule has 1 aliphatic carbocycles. The summed E-state index contributed by atoms with van der Waals surface area (Å²) in [5.74, 6) is -0.662. The molecule has 138 valence electrons. The van der Waals surface area contributed by atoms with Crippen molar-refractivity contribution < 1.29 is 9.18 Å². The van der Waals surface area contributed by atoms with Crippen molar-refractivity contribution in [3.63, 3.8) is 0 Å². The number of hydrogen-bond donors (Lipinski definition) is 0. The molecule has 7 heteroatoms. The van der Waals surface area contributed by atoms with Crippen molar-refractivity contribution in [1.29, 1.82) is 0 Å². The number of carbonyl (C=O) groups is 1. The summed E-state index contributed by atoms with van der Waals surface area (Å²) < 4.78 is 15.8. The van der Waals surface area contributed by atoms with Crippen LogP contribution < -0.4 is 0 Å². The molecule has 1 aromatic heterocycles. The molecule has 0 spiro atoms. The maximum Gasteiger partial charge on any atom is 0.276 e. The maximum atomic E-state index is 14.2. The van der Waals surface area contributed by atoms with Gasteiger partial charge in [-0.3, -0.25) is 4.79 Å². The molecule has 0 atom stereocenters. The molecule has 2 aromatic carbocycles. The fraction of sp³-hybridized carbons (Fsp3) is 0.250. The molecule has 27 heavy (non-hydrogen) atoms. The standard InChI is InChI=1S/C20H18ClFN4O/c21-17-7-4-8-18(22)16(17)12-26(15-9-10-15)20(27)19-13-25(24-23-19)11-14-5-2-1-3-6-14/h1-8,13,15H,9-12H2. The summed E-state index contributed by atoms with van der Waals surface area (Å²) in [6.45, 7) is 0.657. The van der Waals surface area contributed by atoms with Crippen LogP contribution in [0.1, 0.15) is 34.5 Å². The van der Waals surface area contributed by atoms with Gasteiger partial charge in [-0.1, -0.05) is 53.2 Å². The Labute approximate surface area is 161 Å². The number of benzene rings is 2. The Morgan fingerprint density at radius 3 is 2.67 bits per heavy atom.